The van der Waals surface area contributed by atoms with Gasteiger partial charge in [-0.3, -0.25) is 9.59 Å². The van der Waals surface area contributed by atoms with E-state index >= 15 is 0 Å². The molecule has 0 bridgehead atoms. The summed E-state index contributed by atoms with van der Waals surface area (Å²) in [4.78, 5) is 22.1. The lowest BCUT2D eigenvalue weighted by Gasteiger charge is -2.27. The van der Waals surface area contributed by atoms with Crippen LogP contribution in [0.5, 0.6) is 0 Å². The molecule has 0 fully saturated rings. The smallest absolute Gasteiger partial charge is 0.308 e. The van der Waals surface area contributed by atoms with Crippen molar-refractivity contribution in [2.24, 2.45) is 17.0 Å². The standard InChI is InChI=1S/C11H20N2O5/c1-6(2)4-8(13-9(14)5-12-18)10(15)7(3)11(16)17/h5-8,10,15,18H,4H2,1-3H3,(H,13,14)(H,16,17)/b12-5+/t7-,8+,10+/m1/s1. The van der Waals surface area contributed by atoms with Gasteiger partial charge in [0.25, 0.3) is 5.91 Å². The minimum absolute atomic E-state index is 0.164. The summed E-state index contributed by atoms with van der Waals surface area (Å²) in [5.41, 5.74) is 0. The van der Waals surface area contributed by atoms with E-state index in [1.807, 2.05) is 13.8 Å². The van der Waals surface area contributed by atoms with Crippen molar-refractivity contribution in [3.8, 4) is 0 Å². The molecule has 0 heterocycles. The van der Waals surface area contributed by atoms with E-state index in [1.165, 1.54) is 6.92 Å². The molecule has 18 heavy (non-hydrogen) atoms. The third kappa shape index (κ3) is 5.62. The average molecular weight is 260 g/mol. The van der Waals surface area contributed by atoms with Crippen LogP contribution in [0.15, 0.2) is 5.16 Å². The first-order valence-electron chi connectivity index (χ1n) is 5.68. The van der Waals surface area contributed by atoms with Gasteiger partial charge in [0.15, 0.2) is 0 Å². The van der Waals surface area contributed by atoms with E-state index < -0.39 is 29.9 Å². The fourth-order valence-electron chi connectivity index (χ4n) is 1.56. The van der Waals surface area contributed by atoms with Crippen LogP contribution in [-0.4, -0.2) is 45.7 Å². The maximum Gasteiger partial charge on any atom is 0.308 e. The molecular formula is C11H20N2O5. The Morgan fingerprint density at radius 1 is 1.33 bits per heavy atom. The largest absolute Gasteiger partial charge is 0.481 e. The lowest BCUT2D eigenvalue weighted by atomic mass is 9.91. The van der Waals surface area contributed by atoms with E-state index in [4.69, 9.17) is 10.3 Å². The number of amides is 1. The van der Waals surface area contributed by atoms with Crippen molar-refractivity contribution in [3.05, 3.63) is 0 Å². The quantitative estimate of drug-likeness (QED) is 0.293. The number of aliphatic hydroxyl groups excluding tert-OH is 1. The molecule has 0 aliphatic heterocycles. The van der Waals surface area contributed by atoms with E-state index in [-0.39, 0.29) is 5.92 Å². The van der Waals surface area contributed by atoms with Gasteiger partial charge in [-0.2, -0.15) is 0 Å². The maximum absolute atomic E-state index is 11.3. The Labute approximate surface area is 105 Å². The first-order valence-corrected chi connectivity index (χ1v) is 5.68. The molecule has 0 aromatic heterocycles. The minimum Gasteiger partial charge on any atom is -0.481 e. The molecule has 0 saturated carbocycles. The molecule has 0 rings (SSSR count). The second kappa shape index (κ2) is 7.65. The van der Waals surface area contributed by atoms with Crippen LogP contribution in [0, 0.1) is 11.8 Å². The molecule has 104 valence electrons. The summed E-state index contributed by atoms with van der Waals surface area (Å²) in [5.74, 6) is -2.65. The van der Waals surface area contributed by atoms with E-state index in [1.54, 1.807) is 0 Å². The summed E-state index contributed by atoms with van der Waals surface area (Å²) in [6, 6.07) is -0.707. The van der Waals surface area contributed by atoms with E-state index in [2.05, 4.69) is 10.5 Å². The number of hydrogen-bond donors (Lipinski definition) is 4. The fraction of sp³-hybridized carbons (Fsp3) is 0.727. The molecule has 4 N–H and O–H groups in total. The Kier molecular flexibility index (Phi) is 6.96. The molecular weight excluding hydrogens is 240 g/mol. The number of carbonyl (C=O) groups excluding carboxylic acids is 1. The van der Waals surface area contributed by atoms with Crippen molar-refractivity contribution >= 4 is 18.1 Å². The van der Waals surface area contributed by atoms with Gasteiger partial charge in [0.05, 0.1) is 18.1 Å². The van der Waals surface area contributed by atoms with Crippen LogP contribution in [-0.2, 0) is 9.59 Å². The molecule has 0 aromatic carbocycles. The van der Waals surface area contributed by atoms with Gasteiger partial charge >= 0.3 is 5.97 Å². The second-order valence-electron chi connectivity index (χ2n) is 4.61. The highest BCUT2D eigenvalue weighted by Gasteiger charge is 2.30. The van der Waals surface area contributed by atoms with Gasteiger partial charge in [0.1, 0.15) is 6.21 Å². The zero-order valence-electron chi connectivity index (χ0n) is 10.7. The maximum atomic E-state index is 11.3. The molecule has 0 saturated heterocycles. The Hall–Kier alpha value is -1.63. The number of carboxylic acids is 1. The molecule has 0 aromatic rings. The van der Waals surface area contributed by atoms with Gasteiger partial charge in [-0.1, -0.05) is 19.0 Å². The second-order valence-corrected chi connectivity index (χ2v) is 4.61. The minimum atomic E-state index is -1.21. The molecule has 0 spiro atoms. The third-order valence-corrected chi connectivity index (χ3v) is 2.54. The van der Waals surface area contributed by atoms with Gasteiger partial charge in [0, 0.05) is 0 Å². The normalized spacial score (nSPS) is 16.5. The lowest BCUT2D eigenvalue weighted by molar-refractivity contribution is -0.146. The number of carbonyl (C=O) groups is 2. The fourth-order valence-corrected chi connectivity index (χ4v) is 1.56. The van der Waals surface area contributed by atoms with Crippen LogP contribution in [0.1, 0.15) is 27.2 Å². The number of nitrogens with zero attached hydrogens (tertiary/aromatic N) is 1. The number of oxime groups is 1. The summed E-state index contributed by atoms with van der Waals surface area (Å²) >= 11 is 0. The predicted octanol–water partition coefficient (Wildman–Crippen LogP) is 0.0589. The topological polar surface area (TPSA) is 119 Å². The number of carboxylic acid groups (broad SMARTS) is 1. The van der Waals surface area contributed by atoms with Crippen molar-refractivity contribution in [3.63, 3.8) is 0 Å². The van der Waals surface area contributed by atoms with E-state index in [0.717, 1.165) is 0 Å². The summed E-state index contributed by atoms with van der Waals surface area (Å²) in [7, 11) is 0. The molecule has 0 radical (unpaired) electrons. The monoisotopic (exact) mass is 260 g/mol. The third-order valence-electron chi connectivity index (χ3n) is 2.54. The van der Waals surface area contributed by atoms with Crippen molar-refractivity contribution in [2.75, 3.05) is 0 Å². The van der Waals surface area contributed by atoms with Crippen LogP contribution in [0.25, 0.3) is 0 Å². The molecule has 0 unspecified atom stereocenters. The Morgan fingerprint density at radius 2 is 1.89 bits per heavy atom. The number of aliphatic carboxylic acids is 1. The zero-order chi connectivity index (χ0) is 14.3. The highest BCUT2D eigenvalue weighted by Crippen LogP contribution is 2.15. The molecule has 0 aliphatic rings. The van der Waals surface area contributed by atoms with Crippen LogP contribution in [0.2, 0.25) is 0 Å². The van der Waals surface area contributed by atoms with Crippen LogP contribution < -0.4 is 5.32 Å². The lowest BCUT2D eigenvalue weighted by Crippen LogP contribution is -2.48. The van der Waals surface area contributed by atoms with Crippen LogP contribution in [0.3, 0.4) is 0 Å². The number of nitrogens with one attached hydrogen (secondary N) is 1. The SMILES string of the molecule is CC(C)C[C@H](NC(=O)/C=N/O)[C@@H](O)[C@@H](C)C(=O)O. The van der Waals surface area contributed by atoms with Crippen LogP contribution >= 0.6 is 0 Å². The van der Waals surface area contributed by atoms with Gasteiger partial charge in [-0.25, -0.2) is 0 Å². The number of rotatable bonds is 7. The van der Waals surface area contributed by atoms with E-state index in [0.29, 0.717) is 12.6 Å². The summed E-state index contributed by atoms with van der Waals surface area (Å²) in [6.45, 7) is 5.14. The van der Waals surface area contributed by atoms with Crippen molar-refractivity contribution in [1.82, 2.24) is 5.32 Å². The molecule has 7 heteroatoms. The zero-order valence-corrected chi connectivity index (χ0v) is 10.7. The number of aliphatic hydroxyl groups is 1. The summed E-state index contributed by atoms with van der Waals surface area (Å²) in [5, 5.41) is 32.0. The molecule has 1 amide bonds. The Bertz CT molecular complexity index is 317. The van der Waals surface area contributed by atoms with Crippen molar-refractivity contribution in [2.45, 2.75) is 39.3 Å². The van der Waals surface area contributed by atoms with Gasteiger partial charge < -0.3 is 20.7 Å². The number of hydrogen-bond acceptors (Lipinski definition) is 5. The van der Waals surface area contributed by atoms with Gasteiger partial charge in [-0.15, -0.1) is 0 Å². The first kappa shape index (κ1) is 16.4. The summed E-state index contributed by atoms with van der Waals surface area (Å²) in [6.07, 6.45) is -0.129. The van der Waals surface area contributed by atoms with Gasteiger partial charge in [-0.05, 0) is 19.3 Å². The molecule has 7 nitrogen and oxygen atoms in total. The Balaban J connectivity index is 4.76. The summed E-state index contributed by atoms with van der Waals surface area (Å²) < 4.78 is 0. The van der Waals surface area contributed by atoms with Crippen molar-refractivity contribution in [1.29, 1.82) is 0 Å². The first-order chi connectivity index (χ1) is 8.29. The molecule has 3 atom stereocenters. The molecule has 0 aliphatic carbocycles. The van der Waals surface area contributed by atoms with Crippen LogP contribution in [0.4, 0.5) is 0 Å². The Morgan fingerprint density at radius 3 is 2.28 bits per heavy atom. The highest BCUT2D eigenvalue weighted by molar-refractivity contribution is 6.26. The predicted molar refractivity (Wildman–Crippen MR) is 64.5 cm³/mol. The van der Waals surface area contributed by atoms with Gasteiger partial charge in [0.2, 0.25) is 0 Å². The average Bonchev–Trinajstić information content (AvgIpc) is 2.25. The highest BCUT2D eigenvalue weighted by atomic mass is 16.4. The van der Waals surface area contributed by atoms with Crippen molar-refractivity contribution < 1.29 is 25.0 Å². The van der Waals surface area contributed by atoms with E-state index in [9.17, 15) is 14.7 Å².